The van der Waals surface area contributed by atoms with Gasteiger partial charge in [0, 0.05) is 27.7 Å². The minimum atomic E-state index is 0.0891. The minimum absolute atomic E-state index is 0.0891. The van der Waals surface area contributed by atoms with Gasteiger partial charge in [0.15, 0.2) is 0 Å². The van der Waals surface area contributed by atoms with E-state index in [1.807, 2.05) is 12.1 Å². The van der Waals surface area contributed by atoms with Crippen LogP contribution in [0.4, 0.5) is 0 Å². The molecule has 0 aromatic heterocycles. The van der Waals surface area contributed by atoms with Crippen molar-refractivity contribution in [3.05, 3.63) is 33.8 Å². The second-order valence-electron chi connectivity index (χ2n) is 4.51. The standard InChI is InChI=1S/C11H14Cl2N2/c1-11(2)6-14-10(15-11)8-5-7(12)3-4-9(8)13/h3-5,10,14-15H,6H2,1-2H3. The molecule has 82 valence electrons. The lowest BCUT2D eigenvalue weighted by Crippen LogP contribution is -2.35. The van der Waals surface area contributed by atoms with Gasteiger partial charge in [0.1, 0.15) is 0 Å². The van der Waals surface area contributed by atoms with E-state index >= 15 is 0 Å². The van der Waals surface area contributed by atoms with Gasteiger partial charge in [0.05, 0.1) is 6.17 Å². The van der Waals surface area contributed by atoms with E-state index in [1.54, 1.807) is 6.07 Å². The fourth-order valence-corrected chi connectivity index (χ4v) is 2.18. The van der Waals surface area contributed by atoms with E-state index in [-0.39, 0.29) is 11.7 Å². The summed E-state index contributed by atoms with van der Waals surface area (Å²) in [4.78, 5) is 0. The van der Waals surface area contributed by atoms with Crippen molar-refractivity contribution in [2.45, 2.75) is 25.6 Å². The van der Waals surface area contributed by atoms with Crippen molar-refractivity contribution >= 4 is 23.2 Å². The van der Waals surface area contributed by atoms with Crippen LogP contribution in [0.1, 0.15) is 25.6 Å². The molecule has 1 aromatic rings. The highest BCUT2D eigenvalue weighted by molar-refractivity contribution is 6.33. The second kappa shape index (κ2) is 3.95. The molecule has 1 aromatic carbocycles. The summed E-state index contributed by atoms with van der Waals surface area (Å²) in [6, 6.07) is 5.53. The fourth-order valence-electron chi connectivity index (χ4n) is 1.77. The SMILES string of the molecule is CC1(C)CNC(c2cc(Cl)ccc2Cl)N1. The van der Waals surface area contributed by atoms with Crippen molar-refractivity contribution in [3.8, 4) is 0 Å². The van der Waals surface area contributed by atoms with Crippen molar-refractivity contribution in [1.82, 2.24) is 10.6 Å². The van der Waals surface area contributed by atoms with Crippen LogP contribution in [0.3, 0.4) is 0 Å². The molecule has 15 heavy (non-hydrogen) atoms. The maximum Gasteiger partial charge on any atom is 0.0855 e. The number of hydrogen-bond donors (Lipinski definition) is 2. The van der Waals surface area contributed by atoms with E-state index in [2.05, 4.69) is 24.5 Å². The molecule has 1 fully saturated rings. The van der Waals surface area contributed by atoms with E-state index in [1.165, 1.54) is 0 Å². The van der Waals surface area contributed by atoms with E-state index in [9.17, 15) is 0 Å². The molecule has 1 heterocycles. The Balaban J connectivity index is 2.27. The van der Waals surface area contributed by atoms with Crippen molar-refractivity contribution < 1.29 is 0 Å². The molecule has 0 saturated carbocycles. The largest absolute Gasteiger partial charge is 0.296 e. The van der Waals surface area contributed by atoms with Gasteiger partial charge >= 0.3 is 0 Å². The molecule has 1 aliphatic heterocycles. The number of benzene rings is 1. The van der Waals surface area contributed by atoms with E-state index in [0.717, 1.165) is 17.1 Å². The van der Waals surface area contributed by atoms with Crippen LogP contribution in [0.2, 0.25) is 10.0 Å². The van der Waals surface area contributed by atoms with E-state index < -0.39 is 0 Å². The Kier molecular flexibility index (Phi) is 2.95. The summed E-state index contributed by atoms with van der Waals surface area (Å²) in [5.74, 6) is 0. The molecular formula is C11H14Cl2N2. The maximum atomic E-state index is 6.13. The van der Waals surface area contributed by atoms with Gasteiger partial charge in [0.2, 0.25) is 0 Å². The quantitative estimate of drug-likeness (QED) is 0.794. The van der Waals surface area contributed by atoms with Gasteiger partial charge in [-0.1, -0.05) is 23.2 Å². The molecule has 1 unspecified atom stereocenters. The molecule has 0 aliphatic carbocycles. The van der Waals surface area contributed by atoms with E-state index in [4.69, 9.17) is 23.2 Å². The summed E-state index contributed by atoms with van der Waals surface area (Å²) in [6.07, 6.45) is 0.0891. The van der Waals surface area contributed by atoms with Crippen LogP contribution in [-0.2, 0) is 0 Å². The van der Waals surface area contributed by atoms with Gasteiger partial charge in [-0.3, -0.25) is 10.6 Å². The van der Waals surface area contributed by atoms with Gasteiger partial charge in [-0.15, -0.1) is 0 Å². The predicted molar refractivity (Wildman–Crippen MR) is 64.4 cm³/mol. The van der Waals surface area contributed by atoms with Crippen LogP contribution >= 0.6 is 23.2 Å². The molecule has 2 rings (SSSR count). The van der Waals surface area contributed by atoms with Gasteiger partial charge in [0.25, 0.3) is 0 Å². The van der Waals surface area contributed by atoms with E-state index in [0.29, 0.717) is 5.02 Å². The molecule has 0 bridgehead atoms. The Labute approximate surface area is 100.0 Å². The zero-order valence-corrected chi connectivity index (χ0v) is 10.3. The third kappa shape index (κ3) is 2.45. The number of hydrogen-bond acceptors (Lipinski definition) is 2. The summed E-state index contributed by atoms with van der Waals surface area (Å²) < 4.78 is 0. The minimum Gasteiger partial charge on any atom is -0.296 e. The summed E-state index contributed by atoms with van der Waals surface area (Å²) in [6.45, 7) is 5.22. The summed E-state index contributed by atoms with van der Waals surface area (Å²) >= 11 is 12.1. The highest BCUT2D eigenvalue weighted by atomic mass is 35.5. The fraction of sp³-hybridized carbons (Fsp3) is 0.455. The van der Waals surface area contributed by atoms with Crippen LogP contribution < -0.4 is 10.6 Å². The molecular weight excluding hydrogens is 231 g/mol. The highest BCUT2D eigenvalue weighted by Gasteiger charge is 2.31. The molecule has 1 aliphatic rings. The first-order valence-corrected chi connectivity index (χ1v) is 5.70. The highest BCUT2D eigenvalue weighted by Crippen LogP contribution is 2.28. The third-order valence-corrected chi connectivity index (χ3v) is 3.13. The average Bonchev–Trinajstić information content (AvgIpc) is 2.50. The van der Waals surface area contributed by atoms with Gasteiger partial charge in [-0.2, -0.15) is 0 Å². The number of rotatable bonds is 1. The van der Waals surface area contributed by atoms with Crippen LogP contribution in [-0.4, -0.2) is 12.1 Å². The summed E-state index contributed by atoms with van der Waals surface area (Å²) in [5, 5.41) is 8.29. The van der Waals surface area contributed by atoms with Crippen LogP contribution in [0, 0.1) is 0 Å². The first-order chi connectivity index (χ1) is 6.98. The zero-order chi connectivity index (χ0) is 11.1. The molecule has 0 amide bonds. The first kappa shape index (κ1) is 11.2. The topological polar surface area (TPSA) is 24.1 Å². The van der Waals surface area contributed by atoms with Crippen LogP contribution in [0.15, 0.2) is 18.2 Å². The first-order valence-electron chi connectivity index (χ1n) is 4.94. The Hall–Kier alpha value is -0.280. The van der Waals surface area contributed by atoms with Crippen molar-refractivity contribution in [3.63, 3.8) is 0 Å². The molecule has 0 radical (unpaired) electrons. The van der Waals surface area contributed by atoms with Gasteiger partial charge in [-0.25, -0.2) is 0 Å². The smallest absolute Gasteiger partial charge is 0.0855 e. The predicted octanol–water partition coefficient (Wildman–Crippen LogP) is 2.96. The average molecular weight is 245 g/mol. The van der Waals surface area contributed by atoms with Crippen LogP contribution in [0.5, 0.6) is 0 Å². The lowest BCUT2D eigenvalue weighted by molar-refractivity contribution is 0.449. The molecule has 1 atom stereocenters. The molecule has 0 spiro atoms. The lowest BCUT2D eigenvalue weighted by atomic mass is 10.1. The molecule has 1 saturated heterocycles. The zero-order valence-electron chi connectivity index (χ0n) is 8.77. The Morgan fingerprint density at radius 2 is 2.07 bits per heavy atom. The number of nitrogens with one attached hydrogen (secondary N) is 2. The number of halogens is 2. The Bertz CT molecular complexity index is 377. The normalized spacial score (nSPS) is 24.4. The molecule has 4 heteroatoms. The Morgan fingerprint density at radius 1 is 1.33 bits per heavy atom. The second-order valence-corrected chi connectivity index (χ2v) is 5.35. The monoisotopic (exact) mass is 244 g/mol. The summed E-state index contributed by atoms with van der Waals surface area (Å²) in [5.41, 5.74) is 1.10. The summed E-state index contributed by atoms with van der Waals surface area (Å²) in [7, 11) is 0. The lowest BCUT2D eigenvalue weighted by Gasteiger charge is -2.19. The molecule has 2 nitrogen and oxygen atoms in total. The van der Waals surface area contributed by atoms with Gasteiger partial charge < -0.3 is 0 Å². The maximum absolute atomic E-state index is 6.13. The van der Waals surface area contributed by atoms with Crippen molar-refractivity contribution in [2.24, 2.45) is 0 Å². The Morgan fingerprint density at radius 3 is 2.67 bits per heavy atom. The van der Waals surface area contributed by atoms with Crippen molar-refractivity contribution in [2.75, 3.05) is 6.54 Å². The third-order valence-electron chi connectivity index (χ3n) is 2.55. The van der Waals surface area contributed by atoms with Crippen LogP contribution in [0.25, 0.3) is 0 Å². The molecule has 2 N–H and O–H groups in total. The van der Waals surface area contributed by atoms with Crippen molar-refractivity contribution in [1.29, 1.82) is 0 Å². The van der Waals surface area contributed by atoms with Gasteiger partial charge in [-0.05, 0) is 32.0 Å².